The Morgan fingerprint density at radius 3 is 2.64 bits per heavy atom. The number of allylic oxidation sites excluding steroid dienone is 2. The monoisotopic (exact) mass is 454 g/mol. The van der Waals surface area contributed by atoms with E-state index in [-0.39, 0.29) is 36.8 Å². The Kier molecular flexibility index (Phi) is 4.48. The van der Waals surface area contributed by atoms with E-state index < -0.39 is 40.9 Å². The summed E-state index contributed by atoms with van der Waals surface area (Å²) in [5.41, 5.74) is 0.613. The quantitative estimate of drug-likeness (QED) is 0.297. The van der Waals surface area contributed by atoms with Gasteiger partial charge < -0.3 is 15.1 Å². The summed E-state index contributed by atoms with van der Waals surface area (Å²) >= 11 is 0. The maximum atomic E-state index is 13.0. The van der Waals surface area contributed by atoms with Crippen molar-refractivity contribution in [2.24, 2.45) is 5.92 Å². The van der Waals surface area contributed by atoms with E-state index in [1.54, 1.807) is 6.07 Å². The fourth-order valence-corrected chi connectivity index (χ4v) is 5.28. The Morgan fingerprint density at radius 2 is 1.97 bits per heavy atom. The van der Waals surface area contributed by atoms with Crippen molar-refractivity contribution >= 4 is 35.3 Å². The minimum absolute atomic E-state index is 0.111. The smallest absolute Gasteiger partial charge is 0.408 e. The normalized spacial score (nSPS) is 27.2. The van der Waals surface area contributed by atoms with Gasteiger partial charge in [-0.15, -0.1) is 0 Å². The summed E-state index contributed by atoms with van der Waals surface area (Å²) in [5, 5.41) is 30.2. The first kappa shape index (κ1) is 20.7. The molecule has 3 fully saturated rings. The molecule has 0 saturated carbocycles. The predicted octanol–water partition coefficient (Wildman–Crippen LogP) is 1.19. The zero-order chi connectivity index (χ0) is 23.6. The summed E-state index contributed by atoms with van der Waals surface area (Å²) in [7, 11) is 0. The molecule has 0 unspecified atom stereocenters. The number of hydrogen-bond acceptors (Lipinski definition) is 6. The molecule has 4 aliphatic heterocycles. The predicted molar refractivity (Wildman–Crippen MR) is 110 cm³/mol. The maximum absolute atomic E-state index is 13.0. The first-order chi connectivity index (χ1) is 15.7. The Balaban J connectivity index is 1.47. The van der Waals surface area contributed by atoms with Gasteiger partial charge in [-0.1, -0.05) is 6.07 Å². The summed E-state index contributed by atoms with van der Waals surface area (Å²) in [5.74, 6) is -2.56. The van der Waals surface area contributed by atoms with Crippen LogP contribution in [0.2, 0.25) is 0 Å². The first-order valence-electron chi connectivity index (χ1n) is 10.2. The number of nitrogens with zero attached hydrogens (tertiary/aromatic N) is 4. The fraction of sp³-hybridized carbons (Fsp3) is 0.333. The molecule has 1 aromatic rings. The number of hydrogen-bond donors (Lipinski definition) is 2. The summed E-state index contributed by atoms with van der Waals surface area (Å²) < 4.78 is 0. The van der Waals surface area contributed by atoms with Crippen molar-refractivity contribution in [1.82, 2.24) is 9.80 Å². The summed E-state index contributed by atoms with van der Waals surface area (Å²) in [6.07, 6.45) is 0.773. The zero-order valence-electron chi connectivity index (χ0n) is 17.1. The van der Waals surface area contributed by atoms with Crippen LogP contribution in [-0.4, -0.2) is 74.0 Å². The molecule has 3 atom stereocenters. The number of benzene rings is 1. The third-order valence-electron chi connectivity index (χ3n) is 6.66. The first-order valence-corrected chi connectivity index (χ1v) is 10.2. The highest BCUT2D eigenvalue weighted by Crippen LogP contribution is 2.47. The van der Waals surface area contributed by atoms with Crippen LogP contribution in [-0.2, 0) is 14.4 Å². The molecule has 0 spiro atoms. The van der Waals surface area contributed by atoms with Crippen molar-refractivity contribution in [3.8, 4) is 0 Å². The highest BCUT2D eigenvalue weighted by Gasteiger charge is 2.64. The van der Waals surface area contributed by atoms with Gasteiger partial charge in [0.1, 0.15) is 11.7 Å². The highest BCUT2D eigenvalue weighted by molar-refractivity contribution is 6.09. The third kappa shape index (κ3) is 2.97. The lowest BCUT2D eigenvalue weighted by atomic mass is 9.79. The molecule has 5 rings (SSSR count). The van der Waals surface area contributed by atoms with Crippen LogP contribution < -0.4 is 4.90 Å². The SMILES string of the molecule is O=C(O)C1=C(/C=C2\CCN(c3cccc([N+](=O)[O-])c3)C2=O)C[C@@H]2CN(C(=O)O)[C@@H]3C(=O)N1[C@H]23. The van der Waals surface area contributed by atoms with Gasteiger partial charge >= 0.3 is 12.1 Å². The molecule has 3 saturated heterocycles. The van der Waals surface area contributed by atoms with Gasteiger partial charge in [0.25, 0.3) is 17.5 Å². The minimum atomic E-state index is -1.32. The second-order valence-corrected chi connectivity index (χ2v) is 8.38. The molecule has 0 bridgehead atoms. The van der Waals surface area contributed by atoms with Crippen LogP contribution in [0.4, 0.5) is 16.2 Å². The third-order valence-corrected chi connectivity index (χ3v) is 6.66. The Labute approximate surface area is 186 Å². The molecule has 0 radical (unpaired) electrons. The van der Waals surface area contributed by atoms with E-state index in [4.69, 9.17) is 0 Å². The standard InChI is InChI=1S/C21H18N4O8/c26-18-10(4-5-22(18)13-2-1-3-14(8-13)25(32)33)6-11-7-12-9-23(21(30)31)17-15(12)24(19(17)27)16(11)20(28)29/h1-3,6,8,12,15,17H,4-5,7,9H2,(H,28,29)(H,30,31)/b10-6+/t12-,15-,17+/m1/s1. The second kappa shape index (κ2) is 7.15. The summed E-state index contributed by atoms with van der Waals surface area (Å²) in [6.45, 7) is 0.380. The largest absolute Gasteiger partial charge is 0.477 e. The van der Waals surface area contributed by atoms with E-state index in [9.17, 15) is 39.5 Å². The van der Waals surface area contributed by atoms with Crippen LogP contribution in [0.5, 0.6) is 0 Å². The van der Waals surface area contributed by atoms with E-state index >= 15 is 0 Å². The molecular formula is C21H18N4O8. The van der Waals surface area contributed by atoms with Crippen molar-refractivity contribution in [2.75, 3.05) is 18.0 Å². The van der Waals surface area contributed by atoms with Gasteiger partial charge in [-0.2, -0.15) is 0 Å². The Hall–Kier alpha value is -4.22. The number of aliphatic carboxylic acids is 1. The molecular weight excluding hydrogens is 436 g/mol. The number of non-ortho nitro benzene ring substituents is 1. The molecule has 0 aliphatic carbocycles. The molecule has 12 heteroatoms. The van der Waals surface area contributed by atoms with Crippen LogP contribution in [0.25, 0.3) is 0 Å². The van der Waals surface area contributed by atoms with Gasteiger partial charge in [0.2, 0.25) is 0 Å². The van der Waals surface area contributed by atoms with Gasteiger partial charge in [0.05, 0.1) is 16.7 Å². The fourth-order valence-electron chi connectivity index (χ4n) is 5.28. The summed E-state index contributed by atoms with van der Waals surface area (Å²) in [4.78, 5) is 63.2. The lowest BCUT2D eigenvalue weighted by molar-refractivity contribution is -0.384. The Bertz CT molecular complexity index is 1200. The van der Waals surface area contributed by atoms with Gasteiger partial charge in [-0.3, -0.25) is 29.5 Å². The van der Waals surface area contributed by atoms with Gasteiger partial charge in [0, 0.05) is 36.7 Å². The number of carbonyl (C=O) groups excluding carboxylic acids is 2. The molecule has 170 valence electrons. The van der Waals surface area contributed by atoms with E-state index in [1.165, 1.54) is 29.2 Å². The van der Waals surface area contributed by atoms with Crippen LogP contribution in [0.1, 0.15) is 12.8 Å². The number of carbonyl (C=O) groups is 4. The minimum Gasteiger partial charge on any atom is -0.477 e. The number of carboxylic acid groups (broad SMARTS) is 2. The van der Waals surface area contributed by atoms with E-state index in [2.05, 4.69) is 0 Å². The molecule has 4 heterocycles. The highest BCUT2D eigenvalue weighted by atomic mass is 16.6. The van der Waals surface area contributed by atoms with Crippen LogP contribution in [0, 0.1) is 16.0 Å². The summed E-state index contributed by atoms with van der Waals surface area (Å²) in [6, 6.07) is 4.30. The molecule has 0 aromatic heterocycles. The van der Waals surface area contributed by atoms with Crippen molar-refractivity contribution in [3.05, 3.63) is 57.3 Å². The van der Waals surface area contributed by atoms with Crippen molar-refractivity contribution in [2.45, 2.75) is 24.9 Å². The maximum Gasteiger partial charge on any atom is 0.408 e. The van der Waals surface area contributed by atoms with E-state index in [0.29, 0.717) is 23.3 Å². The number of carboxylic acids is 1. The van der Waals surface area contributed by atoms with E-state index in [0.717, 1.165) is 9.80 Å². The second-order valence-electron chi connectivity index (χ2n) is 8.38. The van der Waals surface area contributed by atoms with Crippen molar-refractivity contribution < 1.29 is 34.3 Å². The number of amides is 3. The molecule has 4 aliphatic rings. The van der Waals surface area contributed by atoms with E-state index in [1.807, 2.05) is 0 Å². The number of β-lactam (4-membered cyclic amide) rings is 1. The number of nitro groups is 1. The van der Waals surface area contributed by atoms with Crippen LogP contribution >= 0.6 is 0 Å². The van der Waals surface area contributed by atoms with Crippen LogP contribution in [0.3, 0.4) is 0 Å². The average molecular weight is 454 g/mol. The molecule has 1 aromatic carbocycles. The van der Waals surface area contributed by atoms with Crippen molar-refractivity contribution in [3.63, 3.8) is 0 Å². The zero-order valence-corrected chi connectivity index (χ0v) is 17.1. The number of nitro benzene ring substituents is 1. The lowest BCUT2D eigenvalue weighted by Gasteiger charge is -2.49. The van der Waals surface area contributed by atoms with Crippen molar-refractivity contribution in [1.29, 1.82) is 0 Å². The number of likely N-dealkylation sites (tertiary alicyclic amines) is 1. The lowest BCUT2D eigenvalue weighted by Crippen LogP contribution is -2.69. The number of anilines is 1. The van der Waals surface area contributed by atoms with Gasteiger partial charge in [-0.05, 0) is 30.6 Å². The molecule has 12 nitrogen and oxygen atoms in total. The Morgan fingerprint density at radius 1 is 1.21 bits per heavy atom. The average Bonchev–Trinajstić information content (AvgIpc) is 3.32. The van der Waals surface area contributed by atoms with Gasteiger partial charge in [-0.25, -0.2) is 9.59 Å². The number of rotatable bonds is 4. The van der Waals surface area contributed by atoms with Crippen LogP contribution in [0.15, 0.2) is 47.2 Å². The molecule has 3 amide bonds. The topological polar surface area (TPSA) is 162 Å². The molecule has 33 heavy (non-hydrogen) atoms. The van der Waals surface area contributed by atoms with Gasteiger partial charge in [0.15, 0.2) is 0 Å². The molecule has 2 N–H and O–H groups in total.